The second-order valence-corrected chi connectivity index (χ2v) is 5.59. The lowest BCUT2D eigenvalue weighted by atomic mass is 10.3. The zero-order valence-electron chi connectivity index (χ0n) is 10.4. The molecule has 106 valence electrons. The van der Waals surface area contributed by atoms with Gasteiger partial charge in [0.1, 0.15) is 17.4 Å². The van der Waals surface area contributed by atoms with Crippen LogP contribution in [0, 0.1) is 11.6 Å². The topological polar surface area (TPSA) is 55.4 Å². The number of halogens is 2. The highest BCUT2D eigenvalue weighted by Crippen LogP contribution is 2.21. The van der Waals surface area contributed by atoms with Gasteiger partial charge in [0.2, 0.25) is 0 Å². The van der Waals surface area contributed by atoms with Crippen molar-refractivity contribution in [1.29, 1.82) is 0 Å². The minimum atomic E-state index is -3.99. The molecule has 0 aliphatic heterocycles. The van der Waals surface area contributed by atoms with Crippen molar-refractivity contribution >= 4 is 15.7 Å². The van der Waals surface area contributed by atoms with Crippen LogP contribution < -0.4 is 9.46 Å². The van der Waals surface area contributed by atoms with Crippen LogP contribution in [0.3, 0.4) is 0 Å². The van der Waals surface area contributed by atoms with Crippen molar-refractivity contribution in [3.05, 3.63) is 54.1 Å². The van der Waals surface area contributed by atoms with Crippen LogP contribution in [-0.2, 0) is 10.0 Å². The maximum Gasteiger partial charge on any atom is 0.261 e. The molecule has 0 bridgehead atoms. The molecule has 0 saturated carbocycles. The monoisotopic (exact) mass is 299 g/mol. The molecule has 2 aromatic carbocycles. The molecule has 0 radical (unpaired) electrons. The summed E-state index contributed by atoms with van der Waals surface area (Å²) >= 11 is 0. The fraction of sp³-hybridized carbons (Fsp3) is 0.0769. The van der Waals surface area contributed by atoms with E-state index in [4.69, 9.17) is 4.74 Å². The number of rotatable bonds is 4. The lowest BCUT2D eigenvalue weighted by Gasteiger charge is -2.09. The van der Waals surface area contributed by atoms with Crippen LogP contribution in [0.1, 0.15) is 0 Å². The molecule has 2 rings (SSSR count). The standard InChI is InChI=1S/C13H11F2NO3S/c1-19-10-3-5-11(6-4-10)20(17,18)16-13-8-9(14)2-7-12(13)15/h2-8,16H,1H3. The van der Waals surface area contributed by atoms with E-state index >= 15 is 0 Å². The van der Waals surface area contributed by atoms with Crippen LogP contribution >= 0.6 is 0 Å². The second kappa shape index (κ2) is 5.46. The van der Waals surface area contributed by atoms with Gasteiger partial charge in [-0.1, -0.05) is 0 Å². The highest BCUT2D eigenvalue weighted by Gasteiger charge is 2.16. The number of methoxy groups -OCH3 is 1. The zero-order valence-corrected chi connectivity index (χ0v) is 11.2. The number of ether oxygens (including phenoxy) is 1. The van der Waals surface area contributed by atoms with Crippen molar-refractivity contribution in [1.82, 2.24) is 0 Å². The summed E-state index contributed by atoms with van der Waals surface area (Å²) in [6.45, 7) is 0. The molecular weight excluding hydrogens is 288 g/mol. The molecule has 0 amide bonds. The van der Waals surface area contributed by atoms with Crippen molar-refractivity contribution in [3.63, 3.8) is 0 Å². The Labute approximate surface area is 115 Å². The summed E-state index contributed by atoms with van der Waals surface area (Å²) in [5.41, 5.74) is -0.444. The third-order valence-electron chi connectivity index (χ3n) is 2.54. The van der Waals surface area contributed by atoms with Gasteiger partial charge >= 0.3 is 0 Å². The molecule has 4 nitrogen and oxygen atoms in total. The molecule has 0 aliphatic carbocycles. The van der Waals surface area contributed by atoms with Crippen LogP contribution in [0.4, 0.5) is 14.5 Å². The van der Waals surface area contributed by atoms with Crippen LogP contribution in [0.15, 0.2) is 47.4 Å². The van der Waals surface area contributed by atoms with Gasteiger partial charge < -0.3 is 4.74 Å². The molecule has 0 fully saturated rings. The Morgan fingerprint density at radius 1 is 1.05 bits per heavy atom. The van der Waals surface area contributed by atoms with E-state index in [0.717, 1.165) is 18.2 Å². The smallest absolute Gasteiger partial charge is 0.261 e. The fourth-order valence-corrected chi connectivity index (χ4v) is 2.59. The third kappa shape index (κ3) is 3.05. The van der Waals surface area contributed by atoms with E-state index in [1.165, 1.54) is 31.4 Å². The SMILES string of the molecule is COc1ccc(S(=O)(=O)Nc2cc(F)ccc2F)cc1. The van der Waals surface area contributed by atoms with Gasteiger partial charge in [0.05, 0.1) is 17.7 Å². The number of nitrogens with one attached hydrogen (secondary N) is 1. The lowest BCUT2D eigenvalue weighted by molar-refractivity contribution is 0.414. The van der Waals surface area contributed by atoms with Crippen LogP contribution in [0.5, 0.6) is 5.75 Å². The van der Waals surface area contributed by atoms with Crippen LogP contribution in [-0.4, -0.2) is 15.5 Å². The van der Waals surface area contributed by atoms with Gasteiger partial charge in [-0.2, -0.15) is 0 Å². The van der Waals surface area contributed by atoms with Crippen molar-refractivity contribution in [2.75, 3.05) is 11.8 Å². The van der Waals surface area contributed by atoms with Gasteiger partial charge in [0.15, 0.2) is 0 Å². The lowest BCUT2D eigenvalue weighted by Crippen LogP contribution is -2.14. The molecule has 0 atom stereocenters. The van der Waals surface area contributed by atoms with Gasteiger partial charge in [0.25, 0.3) is 10.0 Å². The largest absolute Gasteiger partial charge is 0.497 e. The van der Waals surface area contributed by atoms with Crippen molar-refractivity contribution < 1.29 is 21.9 Å². The average Bonchev–Trinajstić information content (AvgIpc) is 2.43. The predicted octanol–water partition coefficient (Wildman–Crippen LogP) is 2.77. The molecular formula is C13H11F2NO3S. The molecule has 0 aliphatic rings. The van der Waals surface area contributed by atoms with Crippen LogP contribution in [0.2, 0.25) is 0 Å². The summed E-state index contributed by atoms with van der Waals surface area (Å²) in [6.07, 6.45) is 0. The van der Waals surface area contributed by atoms with Crippen molar-refractivity contribution in [3.8, 4) is 5.75 Å². The van der Waals surface area contributed by atoms with Gasteiger partial charge in [-0.15, -0.1) is 0 Å². The molecule has 7 heteroatoms. The van der Waals surface area contributed by atoms with E-state index in [9.17, 15) is 17.2 Å². The predicted molar refractivity (Wildman–Crippen MR) is 70.2 cm³/mol. The number of anilines is 1. The fourth-order valence-electron chi connectivity index (χ4n) is 1.53. The molecule has 0 saturated heterocycles. The normalized spacial score (nSPS) is 11.2. The Morgan fingerprint density at radius 2 is 1.70 bits per heavy atom. The van der Waals surface area contributed by atoms with Gasteiger partial charge in [-0.25, -0.2) is 17.2 Å². The highest BCUT2D eigenvalue weighted by atomic mass is 32.2. The van der Waals surface area contributed by atoms with E-state index in [1.54, 1.807) is 0 Å². The summed E-state index contributed by atoms with van der Waals surface area (Å²) < 4.78 is 57.4. The quantitative estimate of drug-likeness (QED) is 0.944. The minimum absolute atomic E-state index is 0.0815. The second-order valence-electron chi connectivity index (χ2n) is 3.91. The summed E-state index contributed by atoms with van der Waals surface area (Å²) in [7, 11) is -2.54. The van der Waals surface area contributed by atoms with Crippen LogP contribution in [0.25, 0.3) is 0 Å². The summed E-state index contributed by atoms with van der Waals surface area (Å²) in [5, 5.41) is 0. The van der Waals surface area contributed by atoms with Gasteiger partial charge in [-0.3, -0.25) is 4.72 Å². The molecule has 2 aromatic rings. The first-order valence-corrected chi connectivity index (χ1v) is 7.02. The number of hydrogen-bond acceptors (Lipinski definition) is 3. The average molecular weight is 299 g/mol. The van der Waals surface area contributed by atoms with Crippen molar-refractivity contribution in [2.45, 2.75) is 4.90 Å². The van der Waals surface area contributed by atoms with Gasteiger partial charge in [-0.05, 0) is 36.4 Å². The molecule has 0 heterocycles. The molecule has 1 N–H and O–H groups in total. The molecule has 0 spiro atoms. The van der Waals surface area contributed by atoms with E-state index in [2.05, 4.69) is 0 Å². The Bertz CT molecular complexity index is 715. The molecule has 0 unspecified atom stereocenters. The third-order valence-corrected chi connectivity index (χ3v) is 3.92. The summed E-state index contributed by atoms with van der Waals surface area (Å²) in [4.78, 5) is -0.0815. The Hall–Kier alpha value is -2.15. The number of sulfonamides is 1. The van der Waals surface area contributed by atoms with E-state index in [-0.39, 0.29) is 4.90 Å². The first-order valence-electron chi connectivity index (χ1n) is 5.54. The van der Waals surface area contributed by atoms with E-state index < -0.39 is 27.3 Å². The minimum Gasteiger partial charge on any atom is -0.497 e. The summed E-state index contributed by atoms with van der Waals surface area (Å²) in [5.74, 6) is -1.11. The number of benzene rings is 2. The molecule has 0 aromatic heterocycles. The van der Waals surface area contributed by atoms with E-state index in [1.807, 2.05) is 4.72 Å². The first kappa shape index (κ1) is 14.3. The molecule has 20 heavy (non-hydrogen) atoms. The summed E-state index contributed by atoms with van der Waals surface area (Å²) in [6, 6.07) is 8.04. The highest BCUT2D eigenvalue weighted by molar-refractivity contribution is 7.92. The van der Waals surface area contributed by atoms with Gasteiger partial charge in [0, 0.05) is 6.07 Å². The van der Waals surface area contributed by atoms with Crippen molar-refractivity contribution in [2.24, 2.45) is 0 Å². The maximum absolute atomic E-state index is 13.4. The zero-order chi connectivity index (χ0) is 14.8. The Morgan fingerprint density at radius 3 is 2.30 bits per heavy atom. The number of hydrogen-bond donors (Lipinski definition) is 1. The van der Waals surface area contributed by atoms with E-state index in [0.29, 0.717) is 5.75 Å². The Kier molecular flexibility index (Phi) is 3.89. The Balaban J connectivity index is 2.32. The maximum atomic E-state index is 13.4. The first-order chi connectivity index (χ1) is 9.42.